The molecule has 14 heavy (non-hydrogen) atoms. The Hall–Kier alpha value is -1.71. The summed E-state index contributed by atoms with van der Waals surface area (Å²) in [7, 11) is 0. The molecule has 1 rings (SSSR count). The maximum Gasteiger partial charge on any atom is 0.364 e. The average molecular weight is 198 g/mol. The number of benzene rings is 1. The van der Waals surface area contributed by atoms with E-state index in [1.165, 1.54) is 12.1 Å². The van der Waals surface area contributed by atoms with Gasteiger partial charge in [-0.15, -0.1) is 0 Å². The summed E-state index contributed by atoms with van der Waals surface area (Å²) in [6.07, 6.45) is 0.858. The number of halogens is 2. The van der Waals surface area contributed by atoms with Crippen LogP contribution in [-0.4, -0.2) is 11.1 Å². The molecule has 0 aliphatic rings. The maximum absolute atomic E-state index is 12.7. The van der Waals surface area contributed by atoms with Gasteiger partial charge in [0.05, 0.1) is 0 Å². The van der Waals surface area contributed by atoms with Gasteiger partial charge in [0.25, 0.3) is 0 Å². The van der Waals surface area contributed by atoms with E-state index in [0.29, 0.717) is 11.1 Å². The second-order valence-corrected chi connectivity index (χ2v) is 2.80. The molecule has 1 aromatic rings. The van der Waals surface area contributed by atoms with Crippen molar-refractivity contribution in [3.63, 3.8) is 0 Å². The smallest absolute Gasteiger partial charge is 0.364 e. The lowest BCUT2D eigenvalue weighted by Crippen LogP contribution is -1.94. The van der Waals surface area contributed by atoms with Crippen LogP contribution in [0.15, 0.2) is 24.0 Å². The van der Waals surface area contributed by atoms with Gasteiger partial charge in [-0.3, -0.25) is 0 Å². The van der Waals surface area contributed by atoms with E-state index in [9.17, 15) is 13.6 Å². The minimum Gasteiger partial charge on any atom is -0.476 e. The zero-order valence-electron chi connectivity index (χ0n) is 7.42. The summed E-state index contributed by atoms with van der Waals surface area (Å²) < 4.78 is 25.3. The van der Waals surface area contributed by atoms with Crippen molar-refractivity contribution in [1.29, 1.82) is 0 Å². The van der Waals surface area contributed by atoms with Crippen LogP contribution < -0.4 is 0 Å². The fourth-order valence-corrected chi connectivity index (χ4v) is 0.999. The monoisotopic (exact) mass is 198 g/mol. The molecule has 0 aliphatic heterocycles. The highest BCUT2D eigenvalue weighted by atomic mass is 19.1. The van der Waals surface area contributed by atoms with Crippen LogP contribution in [0.5, 0.6) is 0 Å². The second kappa shape index (κ2) is 4.00. The Kier molecular flexibility index (Phi) is 2.96. The van der Waals surface area contributed by atoms with E-state index in [1.54, 1.807) is 6.92 Å². The predicted molar refractivity (Wildman–Crippen MR) is 47.9 cm³/mol. The standard InChI is InChI=1S/C10H8F2O2/c1-6-4-8(11)3-2-7(6)5-9(12)10(13)14/h2-5H,1H3,(H,13,14). The SMILES string of the molecule is Cc1cc(F)ccc1C=C(F)C(=O)O. The fourth-order valence-electron chi connectivity index (χ4n) is 0.999. The van der Waals surface area contributed by atoms with Crippen LogP contribution in [0.2, 0.25) is 0 Å². The van der Waals surface area contributed by atoms with Gasteiger partial charge in [0.2, 0.25) is 5.83 Å². The molecule has 1 N–H and O–H groups in total. The summed E-state index contributed by atoms with van der Waals surface area (Å²) >= 11 is 0. The molecule has 0 unspecified atom stereocenters. The van der Waals surface area contributed by atoms with E-state index in [2.05, 4.69) is 0 Å². The van der Waals surface area contributed by atoms with Crippen LogP contribution in [0.4, 0.5) is 8.78 Å². The number of carboxylic acids is 1. The number of hydrogen-bond acceptors (Lipinski definition) is 1. The van der Waals surface area contributed by atoms with Crippen molar-refractivity contribution in [3.8, 4) is 0 Å². The number of rotatable bonds is 2. The van der Waals surface area contributed by atoms with Gasteiger partial charge in [-0.2, -0.15) is 4.39 Å². The van der Waals surface area contributed by atoms with Gasteiger partial charge in [0.15, 0.2) is 0 Å². The van der Waals surface area contributed by atoms with Crippen LogP contribution in [0, 0.1) is 12.7 Å². The molecule has 0 spiro atoms. The summed E-state index contributed by atoms with van der Waals surface area (Å²) in [5.41, 5.74) is 0.840. The third kappa shape index (κ3) is 2.39. The molecular formula is C10H8F2O2. The summed E-state index contributed by atoms with van der Waals surface area (Å²) in [5, 5.41) is 8.27. The van der Waals surface area contributed by atoms with Crippen molar-refractivity contribution in [2.75, 3.05) is 0 Å². The Balaban J connectivity index is 3.09. The first-order valence-electron chi connectivity index (χ1n) is 3.87. The molecule has 0 aromatic heterocycles. The topological polar surface area (TPSA) is 37.3 Å². The highest BCUT2D eigenvalue weighted by Gasteiger charge is 2.06. The lowest BCUT2D eigenvalue weighted by Gasteiger charge is -1.99. The van der Waals surface area contributed by atoms with E-state index < -0.39 is 17.6 Å². The Labute approximate surface area is 79.5 Å². The van der Waals surface area contributed by atoms with E-state index >= 15 is 0 Å². The molecule has 74 valence electrons. The van der Waals surface area contributed by atoms with Crippen molar-refractivity contribution < 1.29 is 18.7 Å². The quantitative estimate of drug-likeness (QED) is 0.741. The maximum atomic E-state index is 12.7. The number of aryl methyl sites for hydroxylation is 1. The summed E-state index contributed by atoms with van der Waals surface area (Å²) in [6, 6.07) is 3.68. The lowest BCUT2D eigenvalue weighted by molar-refractivity contribution is -0.134. The number of aliphatic carboxylic acids is 1. The van der Waals surface area contributed by atoms with Gasteiger partial charge in [-0.1, -0.05) is 6.07 Å². The molecule has 0 atom stereocenters. The van der Waals surface area contributed by atoms with E-state index in [-0.39, 0.29) is 0 Å². The van der Waals surface area contributed by atoms with E-state index in [0.717, 1.165) is 12.1 Å². The molecule has 0 bridgehead atoms. The molecule has 0 saturated heterocycles. The number of carboxylic acid groups (broad SMARTS) is 1. The minimum atomic E-state index is -1.63. The van der Waals surface area contributed by atoms with Crippen molar-refractivity contribution in [2.45, 2.75) is 6.92 Å². The fraction of sp³-hybridized carbons (Fsp3) is 0.100. The summed E-state index contributed by atoms with van der Waals surface area (Å²) in [4.78, 5) is 10.2. The van der Waals surface area contributed by atoms with Crippen molar-refractivity contribution in [2.24, 2.45) is 0 Å². The van der Waals surface area contributed by atoms with Gasteiger partial charge >= 0.3 is 5.97 Å². The van der Waals surface area contributed by atoms with E-state index in [4.69, 9.17) is 5.11 Å². The van der Waals surface area contributed by atoms with Gasteiger partial charge in [0.1, 0.15) is 5.82 Å². The summed E-state index contributed by atoms with van der Waals surface area (Å²) in [6.45, 7) is 1.57. The third-order valence-corrected chi connectivity index (χ3v) is 1.72. The number of hydrogen-bond donors (Lipinski definition) is 1. The van der Waals surface area contributed by atoms with Gasteiger partial charge in [-0.25, -0.2) is 9.18 Å². The molecular weight excluding hydrogens is 190 g/mol. The summed E-state index contributed by atoms with van der Waals surface area (Å²) in [5.74, 6) is -3.33. The zero-order chi connectivity index (χ0) is 10.7. The second-order valence-electron chi connectivity index (χ2n) is 2.80. The zero-order valence-corrected chi connectivity index (χ0v) is 7.42. The van der Waals surface area contributed by atoms with Gasteiger partial charge in [-0.05, 0) is 36.3 Å². The molecule has 0 fully saturated rings. The van der Waals surface area contributed by atoms with Crippen LogP contribution in [0.25, 0.3) is 6.08 Å². The molecule has 0 saturated carbocycles. The molecule has 0 heterocycles. The third-order valence-electron chi connectivity index (χ3n) is 1.72. The molecule has 2 nitrogen and oxygen atoms in total. The lowest BCUT2D eigenvalue weighted by atomic mass is 10.1. The minimum absolute atomic E-state index is 0.353. The van der Waals surface area contributed by atoms with Gasteiger partial charge in [0, 0.05) is 0 Å². The first kappa shape index (κ1) is 10.4. The largest absolute Gasteiger partial charge is 0.476 e. The normalized spacial score (nSPS) is 11.5. The molecule has 0 amide bonds. The Morgan fingerprint density at radius 1 is 1.50 bits per heavy atom. The van der Waals surface area contributed by atoms with Crippen LogP contribution in [0.1, 0.15) is 11.1 Å². The van der Waals surface area contributed by atoms with E-state index in [1.807, 2.05) is 0 Å². The number of carbonyl (C=O) groups is 1. The predicted octanol–water partition coefficient (Wildman–Crippen LogP) is 2.53. The first-order valence-corrected chi connectivity index (χ1v) is 3.87. The van der Waals surface area contributed by atoms with Crippen LogP contribution >= 0.6 is 0 Å². The van der Waals surface area contributed by atoms with Gasteiger partial charge < -0.3 is 5.11 Å². The Morgan fingerprint density at radius 2 is 2.14 bits per heavy atom. The molecule has 4 heteroatoms. The highest BCUT2D eigenvalue weighted by molar-refractivity contribution is 5.89. The van der Waals surface area contributed by atoms with Crippen LogP contribution in [0.3, 0.4) is 0 Å². The molecule has 0 aliphatic carbocycles. The molecule has 0 radical (unpaired) electrons. The first-order chi connectivity index (χ1) is 6.50. The van der Waals surface area contributed by atoms with Crippen molar-refractivity contribution in [1.82, 2.24) is 0 Å². The Bertz CT molecular complexity index is 397. The molecule has 1 aromatic carbocycles. The van der Waals surface area contributed by atoms with Crippen molar-refractivity contribution >= 4 is 12.0 Å². The van der Waals surface area contributed by atoms with Crippen LogP contribution in [-0.2, 0) is 4.79 Å². The Morgan fingerprint density at radius 3 is 2.64 bits per heavy atom. The average Bonchev–Trinajstić information content (AvgIpc) is 2.09. The highest BCUT2D eigenvalue weighted by Crippen LogP contribution is 2.14. The van der Waals surface area contributed by atoms with Crippen molar-refractivity contribution in [3.05, 3.63) is 41.0 Å².